The molecule has 0 aliphatic carbocycles. The van der Waals surface area contributed by atoms with Crippen LogP contribution in [0, 0.1) is 5.41 Å². The number of hydrogen-bond acceptors (Lipinski definition) is 2. The van der Waals surface area contributed by atoms with E-state index in [1.807, 2.05) is 51.7 Å². The van der Waals surface area contributed by atoms with E-state index >= 15 is 0 Å². The number of aliphatic imine (C=N–C) groups is 1. The molecule has 0 saturated carbocycles. The topological polar surface area (TPSA) is 52.8 Å². The molecule has 0 aliphatic heterocycles. The molecule has 0 spiro atoms. The summed E-state index contributed by atoms with van der Waals surface area (Å²) < 4.78 is 2.01. The Hall–Kier alpha value is -1.20. The van der Waals surface area contributed by atoms with E-state index < -0.39 is 0 Å². The Labute approximate surface area is 132 Å². The molecule has 0 saturated heterocycles. The van der Waals surface area contributed by atoms with E-state index in [2.05, 4.69) is 15.2 Å². The number of guanidine groups is 1. The Kier molecular flexibility index (Phi) is 6.55. The van der Waals surface area contributed by atoms with Crippen molar-refractivity contribution in [3.05, 3.63) is 23.0 Å². The van der Waals surface area contributed by atoms with Crippen LogP contribution >= 0.6 is 11.6 Å². The summed E-state index contributed by atoms with van der Waals surface area (Å²) >= 11 is 6.02. The minimum absolute atomic E-state index is 0.118. The number of aliphatic hydroxyl groups is 1. The van der Waals surface area contributed by atoms with Crippen molar-refractivity contribution in [1.29, 1.82) is 0 Å². The third kappa shape index (κ3) is 5.59. The van der Waals surface area contributed by atoms with Crippen LogP contribution < -0.4 is 5.32 Å². The lowest BCUT2D eigenvalue weighted by Crippen LogP contribution is -2.39. The van der Waals surface area contributed by atoms with Crippen LogP contribution in [0.5, 0.6) is 0 Å². The third-order valence-electron chi connectivity index (χ3n) is 3.26. The fourth-order valence-electron chi connectivity index (χ4n) is 1.85. The molecule has 1 rings (SSSR count). The molecule has 5 nitrogen and oxygen atoms in total. The molecule has 6 heteroatoms. The van der Waals surface area contributed by atoms with Gasteiger partial charge in [0.25, 0.3) is 0 Å². The van der Waals surface area contributed by atoms with Gasteiger partial charge in [-0.25, -0.2) is 0 Å². The van der Waals surface area contributed by atoms with Gasteiger partial charge in [0.2, 0.25) is 0 Å². The highest BCUT2D eigenvalue weighted by Gasteiger charge is 2.17. The zero-order valence-corrected chi connectivity index (χ0v) is 14.4. The van der Waals surface area contributed by atoms with Crippen LogP contribution in [0.2, 0.25) is 5.02 Å². The molecule has 21 heavy (non-hydrogen) atoms. The minimum Gasteiger partial charge on any atom is -0.396 e. The van der Waals surface area contributed by atoms with E-state index in [1.165, 1.54) is 0 Å². The van der Waals surface area contributed by atoms with Crippen molar-refractivity contribution in [2.24, 2.45) is 17.5 Å². The van der Waals surface area contributed by atoms with Crippen LogP contribution in [0.4, 0.5) is 0 Å². The first-order chi connectivity index (χ1) is 9.79. The largest absolute Gasteiger partial charge is 0.396 e. The molecule has 1 aromatic heterocycles. The quantitative estimate of drug-likeness (QED) is 0.624. The van der Waals surface area contributed by atoms with Crippen molar-refractivity contribution >= 4 is 17.6 Å². The Morgan fingerprint density at radius 2 is 2.19 bits per heavy atom. The van der Waals surface area contributed by atoms with E-state index in [0.29, 0.717) is 13.1 Å². The van der Waals surface area contributed by atoms with Gasteiger partial charge >= 0.3 is 0 Å². The van der Waals surface area contributed by atoms with Gasteiger partial charge in [0.15, 0.2) is 5.96 Å². The smallest absolute Gasteiger partial charge is 0.194 e. The molecule has 0 bridgehead atoms. The summed E-state index contributed by atoms with van der Waals surface area (Å²) in [4.78, 5) is 6.68. The Balaban J connectivity index is 2.79. The van der Waals surface area contributed by atoms with Gasteiger partial charge in [-0.05, 0) is 13.0 Å². The molecule has 2 N–H and O–H groups in total. The molecule has 120 valence electrons. The summed E-state index contributed by atoms with van der Waals surface area (Å²) in [5.41, 5.74) is 0.907. The summed E-state index contributed by atoms with van der Waals surface area (Å²) in [5.74, 6) is 0.830. The highest BCUT2D eigenvalue weighted by atomic mass is 35.5. The molecule has 0 amide bonds. The predicted octanol–water partition coefficient (Wildman–Crippen LogP) is 2.09. The van der Waals surface area contributed by atoms with Crippen molar-refractivity contribution in [3.8, 4) is 0 Å². The monoisotopic (exact) mass is 314 g/mol. The average molecular weight is 315 g/mol. The second kappa shape index (κ2) is 7.71. The van der Waals surface area contributed by atoms with Crippen LogP contribution in [-0.2, 0) is 13.6 Å². The third-order valence-corrected chi connectivity index (χ3v) is 3.46. The predicted molar refractivity (Wildman–Crippen MR) is 88.7 cm³/mol. The average Bonchev–Trinajstić information content (AvgIpc) is 2.72. The lowest BCUT2D eigenvalue weighted by molar-refractivity contribution is 0.167. The number of nitrogens with zero attached hydrogens (tertiary/aromatic N) is 3. The van der Waals surface area contributed by atoms with Crippen LogP contribution in [0.1, 0.15) is 26.5 Å². The molecule has 0 radical (unpaired) electrons. The highest BCUT2D eigenvalue weighted by Crippen LogP contribution is 2.16. The van der Waals surface area contributed by atoms with E-state index in [-0.39, 0.29) is 12.0 Å². The maximum absolute atomic E-state index is 9.33. The van der Waals surface area contributed by atoms with Gasteiger partial charge in [0, 0.05) is 44.6 Å². The number of nitrogens with one attached hydrogen (secondary N) is 1. The van der Waals surface area contributed by atoms with Gasteiger partial charge in [-0.3, -0.25) is 4.99 Å². The lowest BCUT2D eigenvalue weighted by atomic mass is 9.95. The number of aromatic nitrogens is 1. The normalized spacial score (nSPS) is 12.6. The SMILES string of the molecule is CCNC(=NCC(C)(C)CO)N(C)Cc1cc(Cl)cn1C. The van der Waals surface area contributed by atoms with E-state index in [4.69, 9.17) is 11.6 Å². The van der Waals surface area contributed by atoms with Crippen molar-refractivity contribution in [1.82, 2.24) is 14.8 Å². The second-order valence-electron chi connectivity index (χ2n) is 6.11. The number of aryl methyl sites for hydroxylation is 1. The number of aliphatic hydroxyl groups excluding tert-OH is 1. The zero-order valence-electron chi connectivity index (χ0n) is 13.6. The lowest BCUT2D eigenvalue weighted by Gasteiger charge is -2.25. The van der Waals surface area contributed by atoms with Crippen LogP contribution in [0.3, 0.4) is 0 Å². The van der Waals surface area contributed by atoms with Gasteiger partial charge in [-0.1, -0.05) is 25.4 Å². The van der Waals surface area contributed by atoms with Gasteiger partial charge in [0.1, 0.15) is 0 Å². The summed E-state index contributed by atoms with van der Waals surface area (Å²) in [7, 11) is 3.97. The van der Waals surface area contributed by atoms with E-state index in [9.17, 15) is 5.11 Å². The number of rotatable bonds is 6. The summed E-state index contributed by atoms with van der Waals surface area (Å²) in [5, 5.41) is 13.3. The molecule has 1 heterocycles. The van der Waals surface area contributed by atoms with E-state index in [1.54, 1.807) is 0 Å². The van der Waals surface area contributed by atoms with Gasteiger partial charge in [0.05, 0.1) is 18.1 Å². The first-order valence-electron chi connectivity index (χ1n) is 7.20. The molecule has 0 atom stereocenters. The molecule has 0 aromatic carbocycles. The second-order valence-corrected chi connectivity index (χ2v) is 6.55. The van der Waals surface area contributed by atoms with E-state index in [0.717, 1.165) is 23.2 Å². The molecular weight excluding hydrogens is 288 g/mol. The maximum Gasteiger partial charge on any atom is 0.194 e. The molecule has 0 unspecified atom stereocenters. The molecule has 0 fully saturated rings. The van der Waals surface area contributed by atoms with Crippen LogP contribution in [0.15, 0.2) is 17.3 Å². The Bertz CT molecular complexity index is 482. The molecule has 0 aliphatic rings. The molecule has 1 aromatic rings. The zero-order chi connectivity index (χ0) is 16.0. The maximum atomic E-state index is 9.33. The summed E-state index contributed by atoms with van der Waals surface area (Å²) in [6.07, 6.45) is 1.89. The fourth-order valence-corrected chi connectivity index (χ4v) is 2.12. The van der Waals surface area contributed by atoms with Crippen molar-refractivity contribution < 1.29 is 5.11 Å². The first-order valence-corrected chi connectivity index (χ1v) is 7.58. The van der Waals surface area contributed by atoms with Crippen LogP contribution in [0.25, 0.3) is 0 Å². The number of hydrogen-bond donors (Lipinski definition) is 2. The number of halogens is 1. The molecular formula is C15H27ClN4O. The standard InChI is InChI=1S/C15H27ClN4O/c1-6-17-14(18-10-15(2,3)11-21)20(5)9-13-7-12(16)8-19(13)4/h7-8,21H,6,9-11H2,1-5H3,(H,17,18). The Morgan fingerprint density at radius 1 is 1.52 bits per heavy atom. The van der Waals surface area contributed by atoms with Crippen molar-refractivity contribution in [2.45, 2.75) is 27.3 Å². The minimum atomic E-state index is -0.213. The van der Waals surface area contributed by atoms with Crippen molar-refractivity contribution in [2.75, 3.05) is 26.7 Å². The Morgan fingerprint density at radius 3 is 2.67 bits per heavy atom. The van der Waals surface area contributed by atoms with Gasteiger partial charge in [-0.15, -0.1) is 0 Å². The first kappa shape index (κ1) is 17.9. The van der Waals surface area contributed by atoms with Crippen molar-refractivity contribution in [3.63, 3.8) is 0 Å². The highest BCUT2D eigenvalue weighted by molar-refractivity contribution is 6.30. The fraction of sp³-hybridized carbons (Fsp3) is 0.667. The summed E-state index contributed by atoms with van der Waals surface area (Å²) in [6.45, 7) is 8.25. The van der Waals surface area contributed by atoms with Crippen LogP contribution in [-0.4, -0.2) is 47.3 Å². The van der Waals surface area contributed by atoms with Gasteiger partial charge < -0.3 is 19.9 Å². The van der Waals surface area contributed by atoms with Gasteiger partial charge in [-0.2, -0.15) is 0 Å². The summed E-state index contributed by atoms with van der Waals surface area (Å²) in [6, 6.07) is 1.96.